The zero-order chi connectivity index (χ0) is 16.2. The van der Waals surface area contributed by atoms with Crippen LogP contribution in [0.4, 0.5) is 11.8 Å². The van der Waals surface area contributed by atoms with Crippen molar-refractivity contribution in [1.29, 1.82) is 0 Å². The lowest BCUT2D eigenvalue weighted by molar-refractivity contribution is 0.598. The van der Waals surface area contributed by atoms with Crippen LogP contribution in [0.5, 0.6) is 0 Å². The summed E-state index contributed by atoms with van der Waals surface area (Å²) in [4.78, 5) is 10.5. The average Bonchev–Trinajstić information content (AvgIpc) is 2.47. The zero-order valence-corrected chi connectivity index (χ0v) is 13.3. The van der Waals surface area contributed by atoms with Gasteiger partial charge in [0.05, 0.1) is 4.90 Å². The molecule has 2 rings (SSSR count). The summed E-state index contributed by atoms with van der Waals surface area (Å²) in [6.45, 7) is 0.644. The molecule has 3 N–H and O–H groups in total. The van der Waals surface area contributed by atoms with E-state index < -0.39 is 10.0 Å². The number of hydrogen-bond acceptors (Lipinski definition) is 6. The number of rotatable bonds is 6. The molecule has 0 aliphatic heterocycles. The van der Waals surface area contributed by atoms with Crippen LogP contribution in [0.25, 0.3) is 0 Å². The predicted octanol–water partition coefficient (Wildman–Crippen LogP) is 0.845. The van der Waals surface area contributed by atoms with E-state index in [4.69, 9.17) is 5.14 Å². The lowest BCUT2D eigenvalue weighted by Crippen LogP contribution is -2.14. The lowest BCUT2D eigenvalue weighted by Gasteiger charge is -2.12. The smallest absolute Gasteiger partial charge is 0.238 e. The Bertz CT molecular complexity index is 729. The Morgan fingerprint density at radius 3 is 2.45 bits per heavy atom. The maximum atomic E-state index is 11.2. The molecule has 1 aromatic carbocycles. The third-order valence-corrected chi connectivity index (χ3v) is 3.98. The minimum Gasteiger partial charge on any atom is -0.363 e. The molecular formula is C14H19N5O2S. The van der Waals surface area contributed by atoms with Crippen LogP contribution in [0, 0.1) is 0 Å². The second-order valence-electron chi connectivity index (χ2n) is 5.00. The molecule has 0 aliphatic rings. The molecule has 1 aromatic heterocycles. The number of anilines is 2. The van der Waals surface area contributed by atoms with Crippen molar-refractivity contribution in [1.82, 2.24) is 9.97 Å². The normalized spacial score (nSPS) is 11.2. The standard InChI is InChI=1S/C14H19N5O2S/c1-19(2)13-8-10-17-14(18-13)16-9-7-11-3-5-12(6-4-11)22(15,20)21/h3-6,8,10H,7,9H2,1-2H3,(H2,15,20,21)(H,16,17,18). The number of nitrogens with zero attached hydrogens (tertiary/aromatic N) is 3. The van der Waals surface area contributed by atoms with E-state index in [1.165, 1.54) is 12.1 Å². The van der Waals surface area contributed by atoms with Crippen LogP contribution < -0.4 is 15.4 Å². The summed E-state index contributed by atoms with van der Waals surface area (Å²) in [5.74, 6) is 1.39. The van der Waals surface area contributed by atoms with Gasteiger partial charge in [0, 0.05) is 26.8 Å². The molecule has 0 atom stereocenters. The molecule has 8 heteroatoms. The van der Waals surface area contributed by atoms with Crippen molar-refractivity contribution < 1.29 is 8.42 Å². The highest BCUT2D eigenvalue weighted by Crippen LogP contribution is 2.11. The van der Waals surface area contributed by atoms with E-state index in [1.54, 1.807) is 18.3 Å². The molecule has 1 heterocycles. The third-order valence-electron chi connectivity index (χ3n) is 3.05. The Balaban J connectivity index is 1.92. The Kier molecular flexibility index (Phi) is 4.94. The van der Waals surface area contributed by atoms with Gasteiger partial charge in [-0.2, -0.15) is 4.98 Å². The van der Waals surface area contributed by atoms with Gasteiger partial charge in [-0.25, -0.2) is 18.5 Å². The van der Waals surface area contributed by atoms with E-state index in [1.807, 2.05) is 25.1 Å². The molecule has 22 heavy (non-hydrogen) atoms. The summed E-state index contributed by atoms with van der Waals surface area (Å²) in [7, 11) is 0.195. The molecule has 0 radical (unpaired) electrons. The zero-order valence-electron chi connectivity index (χ0n) is 12.5. The molecule has 0 saturated carbocycles. The first kappa shape index (κ1) is 16.2. The van der Waals surface area contributed by atoms with Crippen LogP contribution in [0.3, 0.4) is 0 Å². The second kappa shape index (κ2) is 6.71. The van der Waals surface area contributed by atoms with E-state index in [-0.39, 0.29) is 4.90 Å². The summed E-state index contributed by atoms with van der Waals surface area (Å²) in [5, 5.41) is 8.20. The number of nitrogens with two attached hydrogens (primary N) is 1. The van der Waals surface area contributed by atoms with Crippen molar-refractivity contribution in [2.45, 2.75) is 11.3 Å². The molecule has 0 fully saturated rings. The molecule has 0 spiro atoms. The third kappa shape index (κ3) is 4.40. The molecule has 118 valence electrons. The van der Waals surface area contributed by atoms with Crippen molar-refractivity contribution in [2.24, 2.45) is 5.14 Å². The molecular weight excluding hydrogens is 302 g/mol. The molecule has 7 nitrogen and oxygen atoms in total. The maximum Gasteiger partial charge on any atom is 0.238 e. The van der Waals surface area contributed by atoms with E-state index >= 15 is 0 Å². The van der Waals surface area contributed by atoms with E-state index in [0.717, 1.165) is 17.8 Å². The quantitative estimate of drug-likeness (QED) is 0.818. The lowest BCUT2D eigenvalue weighted by atomic mass is 10.1. The number of sulfonamides is 1. The fourth-order valence-corrected chi connectivity index (χ4v) is 2.36. The number of aromatic nitrogens is 2. The largest absolute Gasteiger partial charge is 0.363 e. The van der Waals surface area contributed by atoms with Crippen LogP contribution in [0.15, 0.2) is 41.4 Å². The monoisotopic (exact) mass is 321 g/mol. The number of hydrogen-bond donors (Lipinski definition) is 2. The average molecular weight is 321 g/mol. The summed E-state index contributed by atoms with van der Waals surface area (Å²) in [5.41, 5.74) is 1.00. The summed E-state index contributed by atoms with van der Waals surface area (Å²) in [6, 6.07) is 8.34. The first-order valence-corrected chi connectivity index (χ1v) is 8.27. The Hall–Kier alpha value is -2.19. The highest BCUT2D eigenvalue weighted by Gasteiger charge is 2.06. The fraction of sp³-hybridized carbons (Fsp3) is 0.286. The molecule has 2 aromatic rings. The maximum absolute atomic E-state index is 11.2. The first-order chi connectivity index (χ1) is 10.4. The van der Waals surface area contributed by atoms with Crippen molar-refractivity contribution in [3.8, 4) is 0 Å². The van der Waals surface area contributed by atoms with Gasteiger partial charge in [-0.15, -0.1) is 0 Å². The van der Waals surface area contributed by atoms with E-state index in [0.29, 0.717) is 12.5 Å². The highest BCUT2D eigenvalue weighted by molar-refractivity contribution is 7.89. The van der Waals surface area contributed by atoms with Crippen molar-refractivity contribution in [3.63, 3.8) is 0 Å². The van der Waals surface area contributed by atoms with Crippen LogP contribution in [-0.2, 0) is 16.4 Å². The first-order valence-electron chi connectivity index (χ1n) is 6.72. The highest BCUT2D eigenvalue weighted by atomic mass is 32.2. The molecule has 0 bridgehead atoms. The van der Waals surface area contributed by atoms with Crippen LogP contribution in [0.1, 0.15) is 5.56 Å². The summed E-state index contributed by atoms with van der Waals surface area (Å²) >= 11 is 0. The topological polar surface area (TPSA) is 101 Å². The van der Waals surface area contributed by atoms with Gasteiger partial charge < -0.3 is 10.2 Å². The summed E-state index contributed by atoms with van der Waals surface area (Å²) < 4.78 is 22.4. The Morgan fingerprint density at radius 2 is 1.86 bits per heavy atom. The van der Waals surface area contributed by atoms with Crippen molar-refractivity contribution in [2.75, 3.05) is 30.9 Å². The van der Waals surface area contributed by atoms with Crippen LogP contribution in [-0.4, -0.2) is 39.0 Å². The number of nitrogens with one attached hydrogen (secondary N) is 1. The summed E-state index contributed by atoms with van der Waals surface area (Å²) in [6.07, 6.45) is 2.42. The minimum absolute atomic E-state index is 0.117. The van der Waals surface area contributed by atoms with Gasteiger partial charge in [0.15, 0.2) is 0 Å². The molecule has 0 amide bonds. The number of benzene rings is 1. The van der Waals surface area contributed by atoms with Crippen molar-refractivity contribution >= 4 is 21.8 Å². The van der Waals surface area contributed by atoms with Crippen molar-refractivity contribution in [3.05, 3.63) is 42.1 Å². The van der Waals surface area contributed by atoms with Gasteiger partial charge in [0.2, 0.25) is 16.0 Å². The number of primary sulfonamides is 1. The molecule has 0 saturated heterocycles. The fourth-order valence-electron chi connectivity index (χ4n) is 1.85. The van der Waals surface area contributed by atoms with Gasteiger partial charge in [0.1, 0.15) is 5.82 Å². The molecule has 0 unspecified atom stereocenters. The predicted molar refractivity (Wildman–Crippen MR) is 86.4 cm³/mol. The van der Waals surface area contributed by atoms with Crippen LogP contribution >= 0.6 is 0 Å². The second-order valence-corrected chi connectivity index (χ2v) is 6.56. The van der Waals surface area contributed by atoms with Crippen LogP contribution in [0.2, 0.25) is 0 Å². The van der Waals surface area contributed by atoms with Gasteiger partial charge in [0.25, 0.3) is 0 Å². The van der Waals surface area contributed by atoms with Gasteiger partial charge in [-0.1, -0.05) is 12.1 Å². The Labute approximate surface area is 130 Å². The van der Waals surface area contributed by atoms with Gasteiger partial charge >= 0.3 is 0 Å². The SMILES string of the molecule is CN(C)c1ccnc(NCCc2ccc(S(N)(=O)=O)cc2)n1. The molecule has 0 aliphatic carbocycles. The van der Waals surface area contributed by atoms with E-state index in [2.05, 4.69) is 15.3 Å². The minimum atomic E-state index is -3.64. The Morgan fingerprint density at radius 1 is 1.18 bits per heavy atom. The van der Waals surface area contributed by atoms with Gasteiger partial charge in [-0.05, 0) is 30.2 Å². The van der Waals surface area contributed by atoms with E-state index in [9.17, 15) is 8.42 Å². The van der Waals surface area contributed by atoms with Gasteiger partial charge in [-0.3, -0.25) is 0 Å².